The summed E-state index contributed by atoms with van der Waals surface area (Å²) in [5.41, 5.74) is 2.74. The number of carbonyl (C=O) groups excluding carboxylic acids is 1. The third kappa shape index (κ3) is 4.89. The maximum atomic E-state index is 12.2. The summed E-state index contributed by atoms with van der Waals surface area (Å²) >= 11 is 0. The molecule has 2 heterocycles. The van der Waals surface area contributed by atoms with Crippen LogP contribution in [0.3, 0.4) is 0 Å². The fourth-order valence-electron chi connectivity index (χ4n) is 2.92. The average molecular weight is 331 g/mol. The summed E-state index contributed by atoms with van der Waals surface area (Å²) in [6, 6.07) is 5.69. The van der Waals surface area contributed by atoms with Crippen LogP contribution in [0.2, 0.25) is 0 Å². The van der Waals surface area contributed by atoms with Crippen molar-refractivity contribution in [2.75, 3.05) is 13.2 Å². The summed E-state index contributed by atoms with van der Waals surface area (Å²) in [7, 11) is 0. The minimum Gasteiger partial charge on any atom is -0.396 e. The zero-order chi connectivity index (χ0) is 17.5. The Labute approximate surface area is 142 Å². The Hall–Kier alpha value is -2.21. The van der Waals surface area contributed by atoms with E-state index in [1.165, 1.54) is 0 Å². The standard InChI is InChI=1S/C18H25N3O3/c1-12(18-13(2)21-24-14(18)3)8-17(23)20-10-15(11-22)9-16-6-4-5-7-19-16/h4-7,12,15,22H,8-11H2,1-3H3,(H,20,23). The zero-order valence-corrected chi connectivity index (χ0v) is 14.5. The first kappa shape index (κ1) is 18.1. The molecule has 0 aliphatic heterocycles. The van der Waals surface area contributed by atoms with Gasteiger partial charge in [-0.25, -0.2) is 0 Å². The molecule has 2 rings (SSSR count). The average Bonchev–Trinajstić information content (AvgIpc) is 2.91. The molecule has 0 aliphatic rings. The molecule has 2 N–H and O–H groups in total. The van der Waals surface area contributed by atoms with Gasteiger partial charge in [0.25, 0.3) is 0 Å². The lowest BCUT2D eigenvalue weighted by Crippen LogP contribution is -2.32. The lowest BCUT2D eigenvalue weighted by atomic mass is 9.95. The molecule has 0 bridgehead atoms. The summed E-state index contributed by atoms with van der Waals surface area (Å²) in [5, 5.41) is 16.3. The molecule has 0 aromatic carbocycles. The fourth-order valence-corrected chi connectivity index (χ4v) is 2.92. The van der Waals surface area contributed by atoms with Crippen LogP contribution in [0, 0.1) is 19.8 Å². The van der Waals surface area contributed by atoms with Crippen LogP contribution in [0.4, 0.5) is 0 Å². The first-order valence-electron chi connectivity index (χ1n) is 8.21. The highest BCUT2D eigenvalue weighted by Gasteiger charge is 2.20. The van der Waals surface area contributed by atoms with Gasteiger partial charge >= 0.3 is 0 Å². The van der Waals surface area contributed by atoms with Crippen molar-refractivity contribution < 1.29 is 14.4 Å². The summed E-state index contributed by atoms with van der Waals surface area (Å²) in [4.78, 5) is 16.4. The van der Waals surface area contributed by atoms with Crippen LogP contribution in [0.25, 0.3) is 0 Å². The number of rotatable bonds is 8. The van der Waals surface area contributed by atoms with E-state index in [0.29, 0.717) is 19.4 Å². The Kier molecular flexibility index (Phi) is 6.49. The molecule has 0 radical (unpaired) electrons. The lowest BCUT2D eigenvalue weighted by molar-refractivity contribution is -0.121. The van der Waals surface area contributed by atoms with Crippen molar-refractivity contribution in [2.45, 2.75) is 39.5 Å². The lowest BCUT2D eigenvalue weighted by Gasteiger charge is -2.16. The van der Waals surface area contributed by atoms with Gasteiger partial charge in [0.2, 0.25) is 5.91 Å². The van der Waals surface area contributed by atoms with E-state index >= 15 is 0 Å². The molecule has 2 unspecified atom stereocenters. The van der Waals surface area contributed by atoms with Crippen molar-refractivity contribution in [2.24, 2.45) is 5.92 Å². The van der Waals surface area contributed by atoms with Crippen LogP contribution >= 0.6 is 0 Å². The second-order valence-electron chi connectivity index (χ2n) is 6.22. The third-order valence-corrected chi connectivity index (χ3v) is 4.14. The molecule has 130 valence electrons. The van der Waals surface area contributed by atoms with Gasteiger partial charge < -0.3 is 14.9 Å². The molecular formula is C18H25N3O3. The molecule has 0 spiro atoms. The number of hydrogen-bond acceptors (Lipinski definition) is 5. The van der Waals surface area contributed by atoms with Crippen LogP contribution in [-0.4, -0.2) is 34.3 Å². The summed E-state index contributed by atoms with van der Waals surface area (Å²) in [6.45, 7) is 6.17. The molecule has 0 saturated carbocycles. The Morgan fingerprint density at radius 2 is 2.17 bits per heavy atom. The SMILES string of the molecule is Cc1noc(C)c1C(C)CC(=O)NCC(CO)Cc1ccccn1. The number of aromatic nitrogens is 2. The normalized spacial score (nSPS) is 13.5. The maximum Gasteiger partial charge on any atom is 0.220 e. The van der Waals surface area contributed by atoms with Crippen molar-refractivity contribution in [3.63, 3.8) is 0 Å². The number of nitrogens with one attached hydrogen (secondary N) is 1. The topological polar surface area (TPSA) is 88.2 Å². The molecule has 0 aliphatic carbocycles. The number of aryl methyl sites for hydroxylation is 2. The first-order chi connectivity index (χ1) is 11.5. The number of hydrogen-bond donors (Lipinski definition) is 2. The largest absolute Gasteiger partial charge is 0.396 e. The number of carbonyl (C=O) groups is 1. The number of nitrogens with zero attached hydrogens (tertiary/aromatic N) is 2. The molecule has 2 atom stereocenters. The van der Waals surface area contributed by atoms with Crippen molar-refractivity contribution in [1.29, 1.82) is 0 Å². The Balaban J connectivity index is 1.83. The minimum atomic E-state index is -0.0433. The monoisotopic (exact) mass is 331 g/mol. The van der Waals surface area contributed by atoms with Gasteiger partial charge in [-0.3, -0.25) is 9.78 Å². The van der Waals surface area contributed by atoms with E-state index in [4.69, 9.17) is 4.52 Å². The number of pyridine rings is 1. The van der Waals surface area contributed by atoms with Gasteiger partial charge in [0.05, 0.1) is 5.69 Å². The Morgan fingerprint density at radius 3 is 2.75 bits per heavy atom. The van der Waals surface area contributed by atoms with Crippen molar-refractivity contribution in [3.05, 3.63) is 47.1 Å². The molecule has 2 aromatic heterocycles. The highest BCUT2D eigenvalue weighted by atomic mass is 16.5. The molecular weight excluding hydrogens is 306 g/mol. The van der Waals surface area contributed by atoms with Gasteiger partial charge in [0, 0.05) is 42.9 Å². The summed E-state index contributed by atoms with van der Waals surface area (Å²) < 4.78 is 5.16. The molecule has 6 nitrogen and oxygen atoms in total. The van der Waals surface area contributed by atoms with Gasteiger partial charge in [-0.05, 0) is 38.3 Å². The highest BCUT2D eigenvalue weighted by Crippen LogP contribution is 2.25. The predicted molar refractivity (Wildman–Crippen MR) is 90.5 cm³/mol. The number of amides is 1. The highest BCUT2D eigenvalue weighted by molar-refractivity contribution is 5.76. The van der Waals surface area contributed by atoms with Gasteiger partial charge in [0.1, 0.15) is 5.76 Å². The molecule has 24 heavy (non-hydrogen) atoms. The van der Waals surface area contributed by atoms with E-state index in [0.717, 1.165) is 22.7 Å². The number of aliphatic hydroxyl groups is 1. The van der Waals surface area contributed by atoms with E-state index in [1.54, 1.807) is 6.20 Å². The van der Waals surface area contributed by atoms with Crippen LogP contribution in [0.1, 0.15) is 42.0 Å². The quantitative estimate of drug-likeness (QED) is 0.774. The summed E-state index contributed by atoms with van der Waals surface area (Å²) in [6.07, 6.45) is 2.73. The third-order valence-electron chi connectivity index (χ3n) is 4.14. The molecule has 2 aromatic rings. The van der Waals surface area contributed by atoms with Crippen molar-refractivity contribution in [1.82, 2.24) is 15.5 Å². The Bertz CT molecular complexity index is 635. The predicted octanol–water partition coefficient (Wildman–Crippen LogP) is 2.15. The second kappa shape index (κ2) is 8.59. The second-order valence-corrected chi connectivity index (χ2v) is 6.22. The molecule has 6 heteroatoms. The van der Waals surface area contributed by atoms with E-state index in [9.17, 15) is 9.90 Å². The van der Waals surface area contributed by atoms with Gasteiger partial charge in [-0.1, -0.05) is 18.1 Å². The van der Waals surface area contributed by atoms with E-state index < -0.39 is 0 Å². The van der Waals surface area contributed by atoms with Gasteiger partial charge in [-0.15, -0.1) is 0 Å². The molecule has 1 amide bonds. The smallest absolute Gasteiger partial charge is 0.220 e. The van der Waals surface area contributed by atoms with Crippen LogP contribution in [0.5, 0.6) is 0 Å². The van der Waals surface area contributed by atoms with Gasteiger partial charge in [-0.2, -0.15) is 0 Å². The Morgan fingerprint density at radius 1 is 1.38 bits per heavy atom. The van der Waals surface area contributed by atoms with Crippen molar-refractivity contribution in [3.8, 4) is 0 Å². The molecule has 0 fully saturated rings. The van der Waals surface area contributed by atoms with E-state index in [-0.39, 0.29) is 24.3 Å². The van der Waals surface area contributed by atoms with E-state index in [1.807, 2.05) is 39.0 Å². The number of aliphatic hydroxyl groups excluding tert-OH is 1. The minimum absolute atomic E-state index is 0.0102. The molecule has 0 saturated heterocycles. The van der Waals surface area contributed by atoms with Crippen LogP contribution in [0.15, 0.2) is 28.9 Å². The van der Waals surface area contributed by atoms with Crippen molar-refractivity contribution >= 4 is 5.91 Å². The zero-order valence-electron chi connectivity index (χ0n) is 14.5. The first-order valence-corrected chi connectivity index (χ1v) is 8.21. The maximum absolute atomic E-state index is 12.2. The van der Waals surface area contributed by atoms with Crippen LogP contribution in [-0.2, 0) is 11.2 Å². The van der Waals surface area contributed by atoms with Gasteiger partial charge in [0.15, 0.2) is 0 Å². The summed E-state index contributed by atoms with van der Waals surface area (Å²) in [5.74, 6) is 0.719. The van der Waals surface area contributed by atoms with E-state index in [2.05, 4.69) is 15.5 Å². The van der Waals surface area contributed by atoms with Crippen LogP contribution < -0.4 is 5.32 Å². The fraction of sp³-hybridized carbons (Fsp3) is 0.500.